The van der Waals surface area contributed by atoms with Crippen LogP contribution >= 0.6 is 11.6 Å². The number of nitrogens with zero attached hydrogens (tertiary/aromatic N) is 3. The molecule has 0 N–H and O–H groups in total. The second-order valence-electron chi connectivity index (χ2n) is 5.39. The summed E-state index contributed by atoms with van der Waals surface area (Å²) in [7, 11) is -2.62. The van der Waals surface area contributed by atoms with Crippen LogP contribution < -0.4 is 0 Å². The smallest absolute Gasteiger partial charge is 0.280 e. The largest absolute Gasteiger partial charge is 0.388 e. The number of hydrogen-bond donors (Lipinski definition) is 0. The van der Waals surface area contributed by atoms with Gasteiger partial charge in [-0.15, -0.1) is 0 Å². The van der Waals surface area contributed by atoms with Gasteiger partial charge in [-0.05, 0) is 13.3 Å². The second-order valence-corrected chi connectivity index (χ2v) is 7.74. The summed E-state index contributed by atoms with van der Waals surface area (Å²) < 4.78 is 51.8. The molecule has 0 aromatic carbocycles. The fourth-order valence-electron chi connectivity index (χ4n) is 2.13. The molecule has 10 heteroatoms. The predicted octanol–water partition coefficient (Wildman–Crippen LogP) is 2.83. The number of sulfone groups is 1. The Labute approximate surface area is 132 Å². The van der Waals surface area contributed by atoms with E-state index in [9.17, 15) is 17.2 Å². The van der Waals surface area contributed by atoms with E-state index < -0.39 is 33.3 Å². The molecule has 1 atom stereocenters. The molecule has 1 unspecified atom stereocenters. The van der Waals surface area contributed by atoms with Crippen LogP contribution in [0.2, 0.25) is 5.15 Å². The highest BCUT2D eigenvalue weighted by atomic mass is 35.5. The first kappa shape index (κ1) is 17.1. The highest BCUT2D eigenvalue weighted by molar-refractivity contribution is 8.05. The Hall–Kier alpha value is -1.22. The fraction of sp³-hybridized carbons (Fsp3) is 0.667. The number of oxime groups is 1. The van der Waals surface area contributed by atoms with Crippen LogP contribution in [0.25, 0.3) is 0 Å². The van der Waals surface area contributed by atoms with Crippen molar-refractivity contribution in [3.63, 3.8) is 0 Å². The molecule has 1 aliphatic heterocycles. The Balaban J connectivity index is 2.32. The summed E-state index contributed by atoms with van der Waals surface area (Å²) in [6.07, 6.45) is -2.20. The Bertz CT molecular complexity index is 717. The fourth-order valence-corrected chi connectivity index (χ4v) is 3.99. The minimum absolute atomic E-state index is 0.105. The molecule has 22 heavy (non-hydrogen) atoms. The molecule has 0 amide bonds. The summed E-state index contributed by atoms with van der Waals surface area (Å²) in [6, 6.07) is 0. The van der Waals surface area contributed by atoms with Crippen molar-refractivity contribution in [2.24, 2.45) is 12.2 Å². The summed E-state index contributed by atoms with van der Waals surface area (Å²) in [6.45, 7) is 3.58. The van der Waals surface area contributed by atoms with E-state index in [2.05, 4.69) is 10.3 Å². The molecule has 1 aromatic heterocycles. The molecule has 0 saturated carbocycles. The van der Waals surface area contributed by atoms with Crippen LogP contribution in [0, 0.1) is 0 Å². The highest BCUT2D eigenvalue weighted by Crippen LogP contribution is 2.33. The van der Waals surface area contributed by atoms with E-state index in [1.807, 2.05) is 6.92 Å². The third-order valence-electron chi connectivity index (χ3n) is 3.69. The van der Waals surface area contributed by atoms with Crippen molar-refractivity contribution in [2.75, 3.05) is 0 Å². The van der Waals surface area contributed by atoms with Gasteiger partial charge in [0.25, 0.3) is 6.43 Å². The zero-order valence-corrected chi connectivity index (χ0v) is 13.9. The minimum atomic E-state index is -3.91. The van der Waals surface area contributed by atoms with Crippen LogP contribution in [0.5, 0.6) is 0 Å². The number of rotatable bonds is 4. The standard InChI is InChI=1S/C12H16ClF2N3O3S/c1-4-12(2)5-8(17-21-12)22(19,20)6-7-9(11(14)15)18(3)16-10(7)13/h11H,4-6H2,1-3H3. The normalized spacial score (nSPS) is 22.0. The van der Waals surface area contributed by atoms with E-state index in [-0.39, 0.29) is 22.2 Å². The second kappa shape index (κ2) is 5.77. The highest BCUT2D eigenvalue weighted by Gasteiger charge is 2.39. The van der Waals surface area contributed by atoms with Gasteiger partial charge in [-0.1, -0.05) is 23.7 Å². The van der Waals surface area contributed by atoms with Gasteiger partial charge >= 0.3 is 0 Å². The molecule has 0 aliphatic carbocycles. The molecule has 1 aromatic rings. The number of alkyl halides is 2. The van der Waals surface area contributed by atoms with Gasteiger partial charge in [0.2, 0.25) is 0 Å². The number of halogens is 3. The average molecular weight is 356 g/mol. The Morgan fingerprint density at radius 3 is 2.64 bits per heavy atom. The Morgan fingerprint density at radius 2 is 2.14 bits per heavy atom. The van der Waals surface area contributed by atoms with Crippen LogP contribution in [0.4, 0.5) is 8.78 Å². The van der Waals surface area contributed by atoms with E-state index in [4.69, 9.17) is 16.4 Å². The molecule has 2 rings (SSSR count). The molecule has 1 aliphatic rings. The van der Waals surface area contributed by atoms with Crippen molar-refractivity contribution < 1.29 is 22.0 Å². The maximum Gasteiger partial charge on any atom is 0.280 e. The molecular formula is C12H16ClF2N3O3S. The lowest BCUT2D eigenvalue weighted by atomic mass is 10.0. The lowest BCUT2D eigenvalue weighted by Gasteiger charge is -2.18. The van der Waals surface area contributed by atoms with Crippen LogP contribution in [-0.4, -0.2) is 28.8 Å². The van der Waals surface area contributed by atoms with E-state index in [0.29, 0.717) is 6.42 Å². The molecule has 0 saturated heterocycles. The first-order valence-corrected chi connectivity index (χ1v) is 8.60. The topological polar surface area (TPSA) is 73.5 Å². The van der Waals surface area contributed by atoms with Crippen LogP contribution in [-0.2, 0) is 27.5 Å². The molecule has 0 spiro atoms. The van der Waals surface area contributed by atoms with E-state index in [0.717, 1.165) is 4.68 Å². The lowest BCUT2D eigenvalue weighted by Crippen LogP contribution is -2.26. The van der Waals surface area contributed by atoms with Crippen molar-refractivity contribution in [1.29, 1.82) is 0 Å². The van der Waals surface area contributed by atoms with Gasteiger partial charge in [-0.3, -0.25) is 4.68 Å². The number of aromatic nitrogens is 2. The molecular weight excluding hydrogens is 340 g/mol. The van der Waals surface area contributed by atoms with Crippen molar-refractivity contribution >= 4 is 26.5 Å². The van der Waals surface area contributed by atoms with Crippen LogP contribution in [0.15, 0.2) is 5.16 Å². The summed E-state index contributed by atoms with van der Waals surface area (Å²) in [5.41, 5.74) is -1.40. The minimum Gasteiger partial charge on any atom is -0.388 e. The average Bonchev–Trinajstić information content (AvgIpc) is 2.92. The third kappa shape index (κ3) is 3.10. The Morgan fingerprint density at radius 1 is 1.50 bits per heavy atom. The summed E-state index contributed by atoms with van der Waals surface area (Å²) >= 11 is 5.79. The number of hydrogen-bond acceptors (Lipinski definition) is 5. The zero-order chi connectivity index (χ0) is 16.7. The van der Waals surface area contributed by atoms with Crippen molar-refractivity contribution in [2.45, 2.75) is 44.5 Å². The maximum atomic E-state index is 13.1. The van der Waals surface area contributed by atoms with Crippen molar-refractivity contribution in [3.8, 4) is 0 Å². The molecule has 0 radical (unpaired) electrons. The van der Waals surface area contributed by atoms with Crippen LogP contribution in [0.3, 0.4) is 0 Å². The molecule has 0 bridgehead atoms. The van der Waals surface area contributed by atoms with Crippen molar-refractivity contribution in [1.82, 2.24) is 9.78 Å². The lowest BCUT2D eigenvalue weighted by molar-refractivity contribution is -0.00605. The van der Waals surface area contributed by atoms with Crippen LogP contribution in [0.1, 0.15) is 44.4 Å². The molecule has 6 nitrogen and oxygen atoms in total. The first-order valence-electron chi connectivity index (χ1n) is 6.57. The van der Waals surface area contributed by atoms with E-state index >= 15 is 0 Å². The monoisotopic (exact) mass is 355 g/mol. The van der Waals surface area contributed by atoms with E-state index in [1.165, 1.54) is 7.05 Å². The third-order valence-corrected chi connectivity index (χ3v) is 5.59. The van der Waals surface area contributed by atoms with E-state index in [1.54, 1.807) is 6.92 Å². The first-order chi connectivity index (χ1) is 10.1. The van der Waals surface area contributed by atoms with Gasteiger partial charge in [-0.25, -0.2) is 17.2 Å². The molecule has 2 heterocycles. The molecule has 124 valence electrons. The van der Waals surface area contributed by atoms with Gasteiger partial charge in [0.15, 0.2) is 20.0 Å². The van der Waals surface area contributed by atoms with Gasteiger partial charge in [0.05, 0.1) is 5.75 Å². The number of aryl methyl sites for hydroxylation is 1. The zero-order valence-electron chi connectivity index (χ0n) is 12.3. The summed E-state index contributed by atoms with van der Waals surface area (Å²) in [4.78, 5) is 5.15. The quantitative estimate of drug-likeness (QED) is 0.832. The van der Waals surface area contributed by atoms with Gasteiger partial charge < -0.3 is 4.84 Å². The maximum absolute atomic E-state index is 13.1. The summed E-state index contributed by atoms with van der Waals surface area (Å²) in [5.74, 6) is -0.679. The van der Waals surface area contributed by atoms with Gasteiger partial charge in [0.1, 0.15) is 11.3 Å². The SMILES string of the molecule is CCC1(C)CC(S(=O)(=O)Cc2c(Cl)nn(C)c2C(F)F)=NO1. The van der Waals surface area contributed by atoms with Gasteiger partial charge in [-0.2, -0.15) is 5.10 Å². The predicted molar refractivity (Wildman–Crippen MR) is 77.6 cm³/mol. The van der Waals surface area contributed by atoms with Crippen molar-refractivity contribution in [3.05, 3.63) is 16.4 Å². The van der Waals surface area contributed by atoms with Gasteiger partial charge in [0, 0.05) is 19.0 Å². The molecule has 0 fully saturated rings. The Kier molecular flexibility index (Phi) is 4.49. The summed E-state index contributed by atoms with van der Waals surface area (Å²) in [5, 5.41) is 6.86.